The highest BCUT2D eigenvalue weighted by molar-refractivity contribution is 6.66. The molecule has 0 N–H and O–H groups in total. The lowest BCUT2D eigenvalue weighted by Crippen LogP contribution is -2.51. The van der Waals surface area contributed by atoms with Crippen LogP contribution in [0.1, 0.15) is 20.8 Å². The Morgan fingerprint density at radius 2 is 1.68 bits per heavy atom. The first kappa shape index (κ1) is 15.4. The highest BCUT2D eigenvalue weighted by Gasteiger charge is 2.30. The van der Waals surface area contributed by atoms with Crippen LogP contribution in [0.2, 0.25) is 0 Å². The normalized spacial score (nSPS) is 25.2. The average Bonchev–Trinajstić information content (AvgIpc) is 2.34. The van der Waals surface area contributed by atoms with E-state index in [2.05, 4.69) is 15.1 Å². The van der Waals surface area contributed by atoms with Crippen LogP contribution in [0.25, 0.3) is 0 Å². The molecule has 1 aliphatic rings. The highest BCUT2D eigenvalue weighted by Crippen LogP contribution is 2.11. The fraction of sp³-hybridized carbons (Fsp3) is 0.750. The van der Waals surface area contributed by atoms with Crippen LogP contribution in [0, 0.1) is 0 Å². The summed E-state index contributed by atoms with van der Waals surface area (Å²) in [5.41, 5.74) is 0.520. The van der Waals surface area contributed by atoms with Gasteiger partial charge in [0.25, 0.3) is 5.91 Å². The van der Waals surface area contributed by atoms with E-state index in [9.17, 15) is 4.79 Å². The molecule has 1 fully saturated rings. The Labute approximate surface area is 113 Å². The van der Waals surface area contributed by atoms with Crippen LogP contribution in [0.3, 0.4) is 0 Å². The first-order chi connectivity index (χ1) is 8.99. The number of oxime groups is 2. The summed E-state index contributed by atoms with van der Waals surface area (Å²) in [6, 6.07) is 0. The van der Waals surface area contributed by atoms with Crippen molar-refractivity contribution < 1.29 is 19.2 Å². The Morgan fingerprint density at radius 1 is 1.16 bits per heavy atom. The molecule has 0 radical (unpaired) electrons. The van der Waals surface area contributed by atoms with Crippen molar-refractivity contribution in [1.82, 2.24) is 4.90 Å². The van der Waals surface area contributed by atoms with Crippen LogP contribution in [0.15, 0.2) is 10.3 Å². The lowest BCUT2D eigenvalue weighted by atomic mass is 10.1. The zero-order valence-electron chi connectivity index (χ0n) is 12.0. The van der Waals surface area contributed by atoms with Gasteiger partial charge >= 0.3 is 0 Å². The van der Waals surface area contributed by atoms with Gasteiger partial charge in [0.05, 0.1) is 12.2 Å². The van der Waals surface area contributed by atoms with E-state index in [0.717, 1.165) is 0 Å². The molecule has 19 heavy (non-hydrogen) atoms. The highest BCUT2D eigenvalue weighted by atomic mass is 16.6. The van der Waals surface area contributed by atoms with E-state index in [1.807, 2.05) is 13.8 Å². The maximum absolute atomic E-state index is 12.4. The first-order valence-electron chi connectivity index (χ1n) is 6.13. The Hall–Kier alpha value is -1.63. The molecule has 0 aromatic heterocycles. The van der Waals surface area contributed by atoms with Gasteiger partial charge in [-0.25, -0.2) is 0 Å². The minimum Gasteiger partial charge on any atom is -0.399 e. The Bertz CT molecular complexity index is 371. The Balaban J connectivity index is 2.88. The molecule has 0 aliphatic carbocycles. The largest absolute Gasteiger partial charge is 0.399 e. The summed E-state index contributed by atoms with van der Waals surface area (Å²) < 4.78 is 5.59. The summed E-state index contributed by atoms with van der Waals surface area (Å²) in [5, 5.41) is 7.47. The van der Waals surface area contributed by atoms with Gasteiger partial charge in [-0.15, -0.1) is 0 Å². The molecule has 0 aromatic carbocycles. The van der Waals surface area contributed by atoms with Crippen molar-refractivity contribution >= 4 is 17.3 Å². The smallest absolute Gasteiger partial charge is 0.278 e. The summed E-state index contributed by atoms with van der Waals surface area (Å²) in [4.78, 5) is 23.5. The maximum Gasteiger partial charge on any atom is 0.278 e. The van der Waals surface area contributed by atoms with E-state index in [1.165, 1.54) is 14.2 Å². The van der Waals surface area contributed by atoms with Gasteiger partial charge in [-0.05, 0) is 20.8 Å². The monoisotopic (exact) mass is 271 g/mol. The van der Waals surface area contributed by atoms with Gasteiger partial charge in [-0.3, -0.25) is 4.79 Å². The predicted molar refractivity (Wildman–Crippen MR) is 71.2 cm³/mol. The topological polar surface area (TPSA) is 72.7 Å². The summed E-state index contributed by atoms with van der Waals surface area (Å²) in [6.45, 7) is 6.54. The number of hydrogen-bond donors (Lipinski definition) is 0. The van der Waals surface area contributed by atoms with Crippen LogP contribution in [-0.4, -0.2) is 61.7 Å². The zero-order chi connectivity index (χ0) is 14.4. The van der Waals surface area contributed by atoms with Crippen LogP contribution >= 0.6 is 0 Å². The molecule has 1 amide bonds. The minimum absolute atomic E-state index is 0.00355. The SMILES string of the molecule is CON=C(C)C(=NOC)C(=O)N1CC(C)OC(C)C1. The molecule has 1 aliphatic heterocycles. The molecule has 0 saturated carbocycles. The Kier molecular flexibility index (Phi) is 5.75. The van der Waals surface area contributed by atoms with Gasteiger partial charge in [-0.1, -0.05) is 10.3 Å². The molecule has 2 atom stereocenters. The lowest BCUT2D eigenvalue weighted by molar-refractivity contribution is -0.136. The van der Waals surface area contributed by atoms with E-state index in [0.29, 0.717) is 18.8 Å². The number of hydrogen-bond acceptors (Lipinski definition) is 6. The van der Waals surface area contributed by atoms with Crippen molar-refractivity contribution in [2.24, 2.45) is 10.3 Å². The van der Waals surface area contributed by atoms with Gasteiger partial charge in [0.2, 0.25) is 0 Å². The van der Waals surface area contributed by atoms with Crippen molar-refractivity contribution in [2.75, 3.05) is 27.3 Å². The predicted octanol–water partition coefficient (Wildman–Crippen LogP) is 0.647. The van der Waals surface area contributed by atoms with Crippen LogP contribution in [-0.2, 0) is 19.2 Å². The number of nitrogens with zero attached hydrogens (tertiary/aromatic N) is 3. The molecular formula is C12H21N3O4. The van der Waals surface area contributed by atoms with Gasteiger partial charge in [0.15, 0.2) is 5.71 Å². The second-order valence-corrected chi connectivity index (χ2v) is 4.45. The van der Waals surface area contributed by atoms with Gasteiger partial charge in [0, 0.05) is 13.1 Å². The number of carbonyl (C=O) groups is 1. The van der Waals surface area contributed by atoms with E-state index in [-0.39, 0.29) is 23.8 Å². The second-order valence-electron chi connectivity index (χ2n) is 4.45. The number of ether oxygens (including phenoxy) is 1. The van der Waals surface area contributed by atoms with E-state index in [4.69, 9.17) is 9.57 Å². The van der Waals surface area contributed by atoms with Gasteiger partial charge in [-0.2, -0.15) is 0 Å². The average molecular weight is 271 g/mol. The Morgan fingerprint density at radius 3 is 2.16 bits per heavy atom. The molecule has 1 heterocycles. The molecule has 7 nitrogen and oxygen atoms in total. The fourth-order valence-electron chi connectivity index (χ4n) is 2.02. The third-order valence-electron chi connectivity index (χ3n) is 2.66. The third-order valence-corrected chi connectivity index (χ3v) is 2.66. The molecule has 1 saturated heterocycles. The first-order valence-corrected chi connectivity index (χ1v) is 6.13. The number of morpholine rings is 1. The molecular weight excluding hydrogens is 250 g/mol. The summed E-state index contributed by atoms with van der Waals surface area (Å²) >= 11 is 0. The van der Waals surface area contributed by atoms with Crippen LogP contribution < -0.4 is 0 Å². The van der Waals surface area contributed by atoms with E-state index in [1.54, 1.807) is 11.8 Å². The number of carbonyl (C=O) groups excluding carboxylic acids is 1. The van der Waals surface area contributed by atoms with Crippen molar-refractivity contribution in [3.8, 4) is 0 Å². The zero-order valence-corrected chi connectivity index (χ0v) is 12.0. The van der Waals surface area contributed by atoms with Gasteiger partial charge in [0.1, 0.15) is 19.9 Å². The van der Waals surface area contributed by atoms with E-state index >= 15 is 0 Å². The summed E-state index contributed by atoms with van der Waals surface area (Å²) in [5.74, 6) is -0.234. The number of rotatable bonds is 4. The molecule has 108 valence electrons. The minimum atomic E-state index is -0.234. The maximum atomic E-state index is 12.4. The lowest BCUT2D eigenvalue weighted by Gasteiger charge is -2.35. The quantitative estimate of drug-likeness (QED) is 0.556. The second kappa shape index (κ2) is 7.08. The molecule has 7 heteroatoms. The molecule has 1 rings (SSSR count). The van der Waals surface area contributed by atoms with Crippen LogP contribution in [0.5, 0.6) is 0 Å². The van der Waals surface area contributed by atoms with Crippen molar-refractivity contribution in [3.63, 3.8) is 0 Å². The third kappa shape index (κ3) is 4.20. The fourth-order valence-corrected chi connectivity index (χ4v) is 2.02. The van der Waals surface area contributed by atoms with Crippen molar-refractivity contribution in [1.29, 1.82) is 0 Å². The van der Waals surface area contributed by atoms with Gasteiger partial charge < -0.3 is 19.3 Å². The van der Waals surface area contributed by atoms with Crippen LogP contribution in [0.4, 0.5) is 0 Å². The molecule has 0 bridgehead atoms. The van der Waals surface area contributed by atoms with Crippen molar-refractivity contribution in [2.45, 2.75) is 33.0 Å². The van der Waals surface area contributed by atoms with E-state index < -0.39 is 0 Å². The molecule has 0 spiro atoms. The molecule has 0 aromatic rings. The summed E-state index contributed by atoms with van der Waals surface area (Å²) in [7, 11) is 2.80. The standard InChI is InChI=1S/C12H21N3O4/c1-8-6-15(7-9(2)19-8)12(16)11(14-18-5)10(3)13-17-4/h8-9H,6-7H2,1-5H3. The molecule has 2 unspecified atom stereocenters. The van der Waals surface area contributed by atoms with Crippen molar-refractivity contribution in [3.05, 3.63) is 0 Å². The summed E-state index contributed by atoms with van der Waals surface area (Å²) in [6.07, 6.45) is -0.00710. The number of amides is 1.